The number of ether oxygens (including phenoxy) is 2. The van der Waals surface area contributed by atoms with Gasteiger partial charge in [-0.1, -0.05) is 53.3 Å². The highest BCUT2D eigenvalue weighted by molar-refractivity contribution is 7.60. The van der Waals surface area contributed by atoms with Gasteiger partial charge in [0.15, 0.2) is 0 Å². The summed E-state index contributed by atoms with van der Waals surface area (Å²) >= 11 is 0. The van der Waals surface area contributed by atoms with Crippen LogP contribution in [0.4, 0.5) is 0 Å². The minimum absolute atomic E-state index is 0. The maximum absolute atomic E-state index is 14.7. The van der Waals surface area contributed by atoms with E-state index < -0.39 is 47.2 Å². The number of amides is 4. The first-order valence-corrected chi connectivity index (χ1v) is 23.7. The first-order valence-electron chi connectivity index (χ1n) is 23.7. The Labute approximate surface area is 459 Å². The van der Waals surface area contributed by atoms with Gasteiger partial charge < -0.3 is 34.3 Å². The monoisotopic (exact) mass is 1090 g/mol. The molecule has 4 aromatic rings. The summed E-state index contributed by atoms with van der Waals surface area (Å²) in [6, 6.07) is 12.6. The molecule has 20 heteroatoms. The molecule has 2 fully saturated rings. The van der Waals surface area contributed by atoms with Gasteiger partial charge in [-0.25, -0.2) is 5.43 Å². The van der Waals surface area contributed by atoms with Crippen LogP contribution in [0.25, 0.3) is 33.3 Å². The van der Waals surface area contributed by atoms with E-state index in [2.05, 4.69) is 67.8 Å². The van der Waals surface area contributed by atoms with Gasteiger partial charge in [0.1, 0.15) is 23.9 Å². The van der Waals surface area contributed by atoms with Gasteiger partial charge in [-0.05, 0) is 110 Å². The number of fused-ring (bicyclic) bond motifs is 6. The molecule has 0 unspecified atom stereocenters. The third-order valence-electron chi connectivity index (χ3n) is 13.6. The molecule has 5 heterocycles. The number of nitrogens with zero attached hydrogens (tertiary/aromatic N) is 5. The second kappa shape index (κ2) is 27.3. The maximum Gasteiger partial charge on any atom is 0.324 e. The van der Waals surface area contributed by atoms with Gasteiger partial charge >= 0.3 is 5.97 Å². The van der Waals surface area contributed by atoms with Crippen molar-refractivity contribution in [2.24, 2.45) is 17.3 Å². The molecule has 2 saturated heterocycles. The number of hydrogen-bond donors (Lipinski definition) is 3. The zero-order valence-corrected chi connectivity index (χ0v) is 47.8. The van der Waals surface area contributed by atoms with Gasteiger partial charge in [-0.2, -0.15) is 67.5 Å². The lowest BCUT2D eigenvalue weighted by atomic mass is 9.84. The number of phenols is 1. The largest absolute Gasteiger partial charge is 0.508 e. The molecule has 3 aliphatic rings. The molecule has 0 aliphatic carbocycles. The number of aromatic nitrogens is 2. The lowest BCUT2D eigenvalue weighted by Gasteiger charge is -2.37. The summed E-state index contributed by atoms with van der Waals surface area (Å²) in [5.41, 5.74) is 9.61. The Hall–Kier alpha value is -4.31. The Balaban J connectivity index is 0.00000355. The number of pyridine rings is 1. The molecule has 0 radical (unpaired) electrons. The number of cyclic esters (lactones) is 1. The van der Waals surface area contributed by atoms with Crippen LogP contribution in [0.1, 0.15) is 90.2 Å². The number of carbonyl (C=O) groups excluding carboxylic acids is 5. The van der Waals surface area contributed by atoms with Crippen molar-refractivity contribution >= 4 is 108 Å². The van der Waals surface area contributed by atoms with E-state index in [1.807, 2.05) is 32.0 Å². The van der Waals surface area contributed by atoms with Crippen LogP contribution < -0.4 is 10.7 Å². The van der Waals surface area contributed by atoms with E-state index in [4.69, 9.17) is 14.5 Å². The number of likely N-dealkylation sites (tertiary alicyclic amines) is 1. The Kier molecular flexibility index (Phi) is 24.2. The number of esters is 1. The van der Waals surface area contributed by atoms with Crippen LogP contribution in [-0.4, -0.2) is 118 Å². The van der Waals surface area contributed by atoms with Crippen LogP contribution in [0.15, 0.2) is 67.4 Å². The van der Waals surface area contributed by atoms with Crippen LogP contribution in [0, 0.1) is 17.3 Å². The predicted octanol–water partition coefficient (Wildman–Crippen LogP) is 6.92. The summed E-state index contributed by atoms with van der Waals surface area (Å²) in [7, 11) is 3.28. The fourth-order valence-corrected chi connectivity index (χ4v) is 10.3. The number of benzene rings is 2. The minimum atomic E-state index is -1.16. The molecule has 72 heavy (non-hydrogen) atoms. The lowest BCUT2D eigenvalue weighted by Crippen LogP contribution is -2.62. The molecule has 3 N–H and O–H groups in total. The van der Waals surface area contributed by atoms with Gasteiger partial charge in [0, 0.05) is 74.8 Å². The normalized spacial score (nSPS) is 19.4. The summed E-state index contributed by atoms with van der Waals surface area (Å²) in [5.74, 6) is -2.86. The Morgan fingerprint density at radius 2 is 1.75 bits per heavy atom. The Bertz CT molecular complexity index is 2550. The number of phenolic OH excluding ortho intramolecular Hbond substituents is 1. The number of rotatable bonds is 11. The third-order valence-corrected chi connectivity index (χ3v) is 13.6. The van der Waals surface area contributed by atoms with Crippen molar-refractivity contribution < 1.29 is 38.6 Å². The number of carbonyl (C=O) groups is 5. The summed E-state index contributed by atoms with van der Waals surface area (Å²) in [4.78, 5) is 77.3. The van der Waals surface area contributed by atoms with E-state index in [1.165, 1.54) is 16.0 Å². The molecule has 0 spiro atoms. The summed E-state index contributed by atoms with van der Waals surface area (Å²) in [6.07, 6.45) is 5.45. The summed E-state index contributed by atoms with van der Waals surface area (Å²) in [6.45, 7) is 17.3. The van der Waals surface area contributed by atoms with Gasteiger partial charge in [0.2, 0.25) is 17.7 Å². The molecule has 398 valence electrons. The van der Waals surface area contributed by atoms with E-state index in [0.717, 1.165) is 51.0 Å². The fourth-order valence-electron chi connectivity index (χ4n) is 10.3. The van der Waals surface area contributed by atoms with Crippen LogP contribution in [0.5, 0.6) is 5.75 Å². The lowest BCUT2D eigenvalue weighted by molar-refractivity contribution is -0.155. The van der Waals surface area contributed by atoms with Crippen LogP contribution >= 0.6 is 67.5 Å². The number of hydrogen-bond acceptors (Lipinski definition) is 10. The number of aryl methyl sites for hydroxylation is 1. The molecule has 2 aromatic carbocycles. The molecule has 2 aromatic heterocycles. The maximum atomic E-state index is 14.7. The number of aromatic hydroxyl groups is 1. The summed E-state index contributed by atoms with van der Waals surface area (Å²) in [5, 5.41) is 16.7. The molecule has 6 bridgehead atoms. The molecular weight excluding hydrogens is 1010 g/mol. The van der Waals surface area contributed by atoms with Crippen molar-refractivity contribution in [2.45, 2.75) is 111 Å². The van der Waals surface area contributed by atoms with Crippen molar-refractivity contribution in [2.75, 3.05) is 40.4 Å². The first-order chi connectivity index (χ1) is 32.0. The smallest absolute Gasteiger partial charge is 0.324 e. The average molecular weight is 1090 g/mol. The summed E-state index contributed by atoms with van der Waals surface area (Å²) < 4.78 is 14.4. The van der Waals surface area contributed by atoms with Crippen molar-refractivity contribution in [1.29, 1.82) is 0 Å². The van der Waals surface area contributed by atoms with Crippen LogP contribution in [0.3, 0.4) is 0 Å². The second-order valence-electron chi connectivity index (χ2n) is 19.4. The fraction of sp³-hybridized carbons (Fsp3) is 0.500. The van der Waals surface area contributed by atoms with Crippen LogP contribution in [-0.2, 0) is 52.8 Å². The van der Waals surface area contributed by atoms with Gasteiger partial charge in [0.05, 0.1) is 30.0 Å². The Morgan fingerprint density at radius 3 is 2.40 bits per heavy atom. The van der Waals surface area contributed by atoms with Gasteiger partial charge in [-0.3, -0.25) is 34.0 Å². The molecule has 3 aliphatic heterocycles. The third kappa shape index (κ3) is 13.7. The Morgan fingerprint density at radius 1 is 1.03 bits per heavy atom. The van der Waals surface area contributed by atoms with Gasteiger partial charge in [0.25, 0.3) is 5.91 Å². The number of hydrazine groups is 1. The minimum Gasteiger partial charge on any atom is -0.508 e. The second-order valence-corrected chi connectivity index (χ2v) is 19.4. The topological polar surface area (TPSA) is 176 Å². The van der Waals surface area contributed by atoms with E-state index in [0.29, 0.717) is 44.3 Å². The number of methoxy groups -OCH3 is 1. The highest BCUT2D eigenvalue weighted by atomic mass is 32.1. The highest BCUT2D eigenvalue weighted by Gasteiger charge is 2.40. The van der Waals surface area contributed by atoms with Crippen molar-refractivity contribution in [3.63, 3.8) is 0 Å². The first kappa shape index (κ1) is 63.8. The number of nitrogens with one attached hydrogen (secondary N) is 2. The van der Waals surface area contributed by atoms with E-state index in [9.17, 15) is 29.1 Å². The zero-order valence-electron chi connectivity index (χ0n) is 42.8. The highest BCUT2D eigenvalue weighted by Crippen LogP contribution is 2.42. The predicted molar refractivity (Wildman–Crippen MR) is 308 cm³/mol. The molecule has 7 rings (SSSR count). The van der Waals surface area contributed by atoms with Crippen molar-refractivity contribution in [1.82, 2.24) is 35.1 Å². The molecular formula is C52H77N7O8S5. The average Bonchev–Trinajstić information content (AvgIpc) is 3.93. The molecule has 5 atom stereocenters. The quantitative estimate of drug-likeness (QED) is 0.106. The molecule has 4 amide bonds. The SMILES string of the molecule is C=CC(=O)N1CC[C@H](C(=O)N(C)[C@H](C(=O)N[C@H]2Cc3cc(O)cc(c3)-c3ccc4c(c3)c(c(-c3cccnc3[C@H](CC)OC)n4CC)CC(C)(C)COC(=O)[C@@H]3CCCN(N3)C2=O)C(C)C)C1.S.S.S.S.S. The van der Waals surface area contributed by atoms with E-state index in [1.54, 1.807) is 37.4 Å². The van der Waals surface area contributed by atoms with Crippen molar-refractivity contribution in [3.05, 3.63) is 84.2 Å². The van der Waals surface area contributed by atoms with Crippen molar-refractivity contribution in [3.8, 4) is 28.1 Å². The standard InChI is InChI=1S/C52H67N7O8.5H2S/c1-10-43(66-9)45-37(15-13-20-53-45)47-39-28-52(6,7)30-67-51(65)40-16-14-21-59(55-40)50(64)41(25-32-23-35(26-36(60)24-32)33-17-18-42(38(39)27-33)58(47)12-3)54-48(62)46(31(4)5)56(8)49(63)34-19-22-57(29-34)44(61)11-2;;;;;/h11,13,15,17-18,20,23-24,26-27,31,34,40-41,43,46,55,60H,2,10,12,14,16,19,21-22,25,28-30H2,1,3-9H3,(H,54,62);5*1H2/t34-,40-,41-,43-,46-;;;;;/m0...../s1. The van der Waals surface area contributed by atoms with Gasteiger partial charge in [-0.15, -0.1) is 0 Å². The number of likely N-dealkylation sites (N-methyl/N-ethyl adjacent to an activating group) is 1. The van der Waals surface area contributed by atoms with Crippen LogP contribution in [0.2, 0.25) is 0 Å². The molecule has 15 nitrogen and oxygen atoms in total. The van der Waals surface area contributed by atoms with E-state index >= 15 is 0 Å². The molecule has 0 saturated carbocycles. The zero-order chi connectivity index (χ0) is 48.3. The van der Waals surface area contributed by atoms with E-state index in [-0.39, 0.29) is 123 Å².